The molecule has 3 nitrogen and oxygen atoms in total. The fourth-order valence-electron chi connectivity index (χ4n) is 2.50. The quantitative estimate of drug-likeness (QED) is 0.788. The maximum absolute atomic E-state index is 13.4. The van der Waals surface area contributed by atoms with Crippen molar-refractivity contribution in [2.24, 2.45) is 0 Å². The molecule has 20 heavy (non-hydrogen) atoms. The van der Waals surface area contributed by atoms with Crippen LogP contribution in [0.1, 0.15) is 32.2 Å². The van der Waals surface area contributed by atoms with Crippen molar-refractivity contribution in [2.75, 3.05) is 7.11 Å². The van der Waals surface area contributed by atoms with Gasteiger partial charge in [-0.15, -0.1) is 0 Å². The molecule has 0 saturated heterocycles. The van der Waals surface area contributed by atoms with Gasteiger partial charge in [0.2, 0.25) is 0 Å². The number of hydrogen-bond donors (Lipinski definition) is 0. The number of ketones is 2. The molecule has 100 valence electrons. The fraction of sp³-hybridized carbons (Fsp3) is 0.125. The molecule has 4 heteroatoms. The highest BCUT2D eigenvalue weighted by atomic mass is 19.1. The maximum Gasteiger partial charge on any atom is 0.178 e. The summed E-state index contributed by atoms with van der Waals surface area (Å²) in [6.45, 7) is 0. The Bertz CT molecular complexity index is 686. The molecule has 0 bridgehead atoms. The van der Waals surface area contributed by atoms with E-state index in [-0.39, 0.29) is 17.3 Å². The van der Waals surface area contributed by atoms with Gasteiger partial charge in [0.1, 0.15) is 5.92 Å². The third-order valence-corrected chi connectivity index (χ3v) is 3.49. The van der Waals surface area contributed by atoms with Gasteiger partial charge in [0.25, 0.3) is 0 Å². The van der Waals surface area contributed by atoms with Crippen LogP contribution in [0.4, 0.5) is 4.39 Å². The normalized spacial score (nSPS) is 14.5. The van der Waals surface area contributed by atoms with Crippen molar-refractivity contribution >= 4 is 11.6 Å². The second-order valence-corrected chi connectivity index (χ2v) is 4.60. The van der Waals surface area contributed by atoms with Crippen molar-refractivity contribution in [2.45, 2.75) is 5.92 Å². The standard InChI is InChI=1S/C16H11FO3/c1-20-13-8-9(6-7-12(13)17)14-15(18)10-4-2-3-5-11(10)16(14)19/h2-8,14H,1H3. The first kappa shape index (κ1) is 12.5. The molecule has 3 rings (SSSR count). The van der Waals surface area contributed by atoms with E-state index in [2.05, 4.69) is 0 Å². The van der Waals surface area contributed by atoms with Gasteiger partial charge in [-0.1, -0.05) is 30.3 Å². The number of rotatable bonds is 2. The summed E-state index contributed by atoms with van der Waals surface area (Å²) in [5, 5.41) is 0. The van der Waals surface area contributed by atoms with Gasteiger partial charge in [-0.05, 0) is 17.7 Å². The minimum atomic E-state index is -0.901. The summed E-state index contributed by atoms with van der Waals surface area (Å²) in [4.78, 5) is 24.7. The summed E-state index contributed by atoms with van der Waals surface area (Å²) >= 11 is 0. The molecule has 0 radical (unpaired) electrons. The lowest BCUT2D eigenvalue weighted by atomic mass is 9.94. The molecule has 1 aliphatic rings. The molecule has 0 atom stereocenters. The number of carbonyl (C=O) groups excluding carboxylic acids is 2. The van der Waals surface area contributed by atoms with Gasteiger partial charge in [-0.2, -0.15) is 0 Å². The Balaban J connectivity index is 2.09. The molecule has 0 unspecified atom stereocenters. The average molecular weight is 270 g/mol. The van der Waals surface area contributed by atoms with Gasteiger partial charge in [-0.25, -0.2) is 4.39 Å². The van der Waals surface area contributed by atoms with Gasteiger partial charge in [0.15, 0.2) is 23.1 Å². The van der Waals surface area contributed by atoms with Crippen LogP contribution in [-0.2, 0) is 0 Å². The zero-order valence-electron chi connectivity index (χ0n) is 10.7. The zero-order valence-corrected chi connectivity index (χ0v) is 10.7. The van der Waals surface area contributed by atoms with E-state index >= 15 is 0 Å². The van der Waals surface area contributed by atoms with Gasteiger partial charge in [0.05, 0.1) is 7.11 Å². The van der Waals surface area contributed by atoms with Crippen LogP contribution < -0.4 is 4.74 Å². The number of methoxy groups -OCH3 is 1. The van der Waals surface area contributed by atoms with E-state index in [9.17, 15) is 14.0 Å². The number of ether oxygens (including phenoxy) is 1. The summed E-state index contributed by atoms with van der Waals surface area (Å²) < 4.78 is 18.3. The van der Waals surface area contributed by atoms with E-state index in [1.54, 1.807) is 24.3 Å². The number of hydrogen-bond acceptors (Lipinski definition) is 3. The van der Waals surface area contributed by atoms with Gasteiger partial charge in [-0.3, -0.25) is 9.59 Å². The van der Waals surface area contributed by atoms with E-state index < -0.39 is 11.7 Å². The number of carbonyl (C=O) groups is 2. The molecule has 0 aromatic heterocycles. The molecule has 0 fully saturated rings. The Hall–Kier alpha value is -2.49. The second-order valence-electron chi connectivity index (χ2n) is 4.60. The van der Waals surface area contributed by atoms with E-state index in [4.69, 9.17) is 4.74 Å². The fourth-order valence-corrected chi connectivity index (χ4v) is 2.50. The van der Waals surface area contributed by atoms with Crippen molar-refractivity contribution < 1.29 is 18.7 Å². The highest BCUT2D eigenvalue weighted by molar-refractivity contribution is 6.29. The molecule has 0 heterocycles. The topological polar surface area (TPSA) is 43.4 Å². The Labute approximate surface area is 115 Å². The predicted molar refractivity (Wildman–Crippen MR) is 70.8 cm³/mol. The minimum absolute atomic E-state index is 0.0269. The first-order chi connectivity index (χ1) is 9.63. The van der Waals surface area contributed by atoms with Crippen LogP contribution in [0.25, 0.3) is 0 Å². The number of fused-ring (bicyclic) bond motifs is 1. The van der Waals surface area contributed by atoms with Crippen LogP contribution >= 0.6 is 0 Å². The molecule has 0 amide bonds. The molecule has 0 aliphatic heterocycles. The van der Waals surface area contributed by atoms with E-state index in [1.807, 2.05) is 0 Å². The zero-order chi connectivity index (χ0) is 14.3. The monoisotopic (exact) mass is 270 g/mol. The number of benzene rings is 2. The largest absolute Gasteiger partial charge is 0.494 e. The smallest absolute Gasteiger partial charge is 0.178 e. The van der Waals surface area contributed by atoms with E-state index in [0.29, 0.717) is 16.7 Å². The van der Waals surface area contributed by atoms with Crippen LogP contribution in [-0.4, -0.2) is 18.7 Å². The van der Waals surface area contributed by atoms with Crippen molar-refractivity contribution in [1.82, 2.24) is 0 Å². The van der Waals surface area contributed by atoms with Crippen molar-refractivity contribution in [1.29, 1.82) is 0 Å². The van der Waals surface area contributed by atoms with Crippen LogP contribution in [0.15, 0.2) is 42.5 Å². The van der Waals surface area contributed by atoms with Gasteiger partial charge < -0.3 is 4.74 Å². The van der Waals surface area contributed by atoms with Gasteiger partial charge in [0, 0.05) is 11.1 Å². The molecule has 0 saturated carbocycles. The Kier molecular flexibility index (Phi) is 2.86. The maximum atomic E-state index is 13.4. The molecule has 0 N–H and O–H groups in total. The highest BCUT2D eigenvalue weighted by Gasteiger charge is 2.39. The molecular weight excluding hydrogens is 259 g/mol. The third-order valence-electron chi connectivity index (χ3n) is 3.49. The summed E-state index contributed by atoms with van der Waals surface area (Å²) in [6.07, 6.45) is 0. The number of halogens is 1. The van der Waals surface area contributed by atoms with Crippen LogP contribution in [0.2, 0.25) is 0 Å². The Morgan fingerprint density at radius 3 is 2.15 bits per heavy atom. The van der Waals surface area contributed by atoms with Crippen molar-refractivity contribution in [3.63, 3.8) is 0 Å². The summed E-state index contributed by atoms with van der Waals surface area (Å²) in [6, 6.07) is 10.8. The third kappa shape index (κ3) is 1.72. The lowest BCUT2D eigenvalue weighted by molar-refractivity contribution is 0.0890. The molecular formula is C16H11FO3. The van der Waals surface area contributed by atoms with Crippen molar-refractivity contribution in [3.8, 4) is 5.75 Å². The second kappa shape index (κ2) is 4.56. The Morgan fingerprint density at radius 2 is 1.60 bits per heavy atom. The first-order valence-electron chi connectivity index (χ1n) is 6.14. The first-order valence-corrected chi connectivity index (χ1v) is 6.14. The number of Topliss-reactive ketones (excluding diaryl/α,β-unsaturated/α-hetero) is 2. The molecule has 1 aliphatic carbocycles. The average Bonchev–Trinajstić information content (AvgIpc) is 2.72. The minimum Gasteiger partial charge on any atom is -0.494 e. The summed E-state index contributed by atoms with van der Waals surface area (Å²) in [5.41, 5.74) is 1.30. The highest BCUT2D eigenvalue weighted by Crippen LogP contribution is 2.35. The predicted octanol–water partition coefficient (Wildman–Crippen LogP) is 3.00. The van der Waals surface area contributed by atoms with Crippen LogP contribution in [0.5, 0.6) is 5.75 Å². The SMILES string of the molecule is COc1cc(C2C(=O)c3ccccc3C2=O)ccc1F. The summed E-state index contributed by atoms with van der Waals surface area (Å²) in [7, 11) is 1.34. The Morgan fingerprint density at radius 1 is 1.00 bits per heavy atom. The summed E-state index contributed by atoms with van der Waals surface area (Å²) in [5.74, 6) is -1.90. The van der Waals surface area contributed by atoms with E-state index in [0.717, 1.165) is 0 Å². The molecule has 0 spiro atoms. The van der Waals surface area contributed by atoms with Crippen LogP contribution in [0, 0.1) is 5.82 Å². The van der Waals surface area contributed by atoms with E-state index in [1.165, 1.54) is 25.3 Å². The molecule has 2 aromatic rings. The molecule has 2 aromatic carbocycles. The van der Waals surface area contributed by atoms with Crippen molar-refractivity contribution in [3.05, 3.63) is 65.0 Å². The lowest BCUT2D eigenvalue weighted by Gasteiger charge is -2.09. The van der Waals surface area contributed by atoms with Crippen LogP contribution in [0.3, 0.4) is 0 Å². The van der Waals surface area contributed by atoms with Gasteiger partial charge >= 0.3 is 0 Å². The lowest BCUT2D eigenvalue weighted by Crippen LogP contribution is -2.13.